The van der Waals surface area contributed by atoms with E-state index in [2.05, 4.69) is 10.5 Å². The largest absolute Gasteiger partial charge is 0.271 e. The van der Waals surface area contributed by atoms with Crippen molar-refractivity contribution in [3.63, 3.8) is 0 Å². The lowest BCUT2D eigenvalue weighted by Gasteiger charge is -1.99. The Hall–Kier alpha value is -2.68. The molecule has 2 aromatic carbocycles. The molecular weight excluding hydrogens is 248 g/mol. The van der Waals surface area contributed by atoms with Crippen molar-refractivity contribution in [3.8, 4) is 0 Å². The lowest BCUT2D eigenvalue weighted by atomic mass is 10.2. The van der Waals surface area contributed by atoms with Crippen LogP contribution in [0.2, 0.25) is 0 Å². The van der Waals surface area contributed by atoms with Crippen LogP contribution in [-0.4, -0.2) is 11.6 Å². The van der Waals surface area contributed by atoms with Crippen LogP contribution in [-0.2, 0) is 0 Å². The van der Waals surface area contributed by atoms with Gasteiger partial charge in [-0.05, 0) is 30.7 Å². The quantitative estimate of drug-likeness (QED) is 0.666. The predicted octanol–water partition coefficient (Wildman–Crippen LogP) is 3.51. The number of allylic oxidation sites excluding steroid dienone is 1. The number of rotatable bonds is 4. The molecule has 2 aromatic rings. The summed E-state index contributed by atoms with van der Waals surface area (Å²) < 4.78 is 0. The van der Waals surface area contributed by atoms with E-state index in [-0.39, 0.29) is 5.91 Å². The molecule has 0 saturated carbocycles. The highest BCUT2D eigenvalue weighted by atomic mass is 16.2. The highest BCUT2D eigenvalue weighted by Gasteiger charge is 2.01. The summed E-state index contributed by atoms with van der Waals surface area (Å²) in [7, 11) is 0. The zero-order chi connectivity index (χ0) is 14.2. The van der Waals surface area contributed by atoms with E-state index in [1.807, 2.05) is 67.6 Å². The second kappa shape index (κ2) is 7.04. The van der Waals surface area contributed by atoms with Gasteiger partial charge in [0, 0.05) is 5.56 Å². The zero-order valence-electron chi connectivity index (χ0n) is 11.3. The maximum Gasteiger partial charge on any atom is 0.271 e. The van der Waals surface area contributed by atoms with Crippen LogP contribution in [0.5, 0.6) is 0 Å². The number of carbonyl (C=O) groups excluding carboxylic acids is 1. The zero-order valence-corrected chi connectivity index (χ0v) is 11.3. The van der Waals surface area contributed by atoms with Crippen LogP contribution in [0.25, 0.3) is 6.08 Å². The molecule has 0 aliphatic carbocycles. The van der Waals surface area contributed by atoms with E-state index in [1.54, 1.807) is 12.1 Å². The van der Waals surface area contributed by atoms with E-state index in [0.717, 1.165) is 11.3 Å². The number of amides is 1. The number of carbonyl (C=O) groups is 1. The highest BCUT2D eigenvalue weighted by Crippen LogP contribution is 2.01. The first kappa shape index (κ1) is 13.7. The molecule has 0 aliphatic heterocycles. The van der Waals surface area contributed by atoms with Crippen LogP contribution in [0.3, 0.4) is 0 Å². The minimum Gasteiger partial charge on any atom is -0.267 e. The minimum absolute atomic E-state index is 0.210. The van der Waals surface area contributed by atoms with Crippen LogP contribution >= 0.6 is 0 Å². The summed E-state index contributed by atoms with van der Waals surface area (Å²) >= 11 is 0. The number of hydrogen-bond acceptors (Lipinski definition) is 2. The van der Waals surface area contributed by atoms with Gasteiger partial charge in [0.15, 0.2) is 0 Å². The fraction of sp³-hybridized carbons (Fsp3) is 0.0588. The van der Waals surface area contributed by atoms with Crippen molar-refractivity contribution < 1.29 is 4.79 Å². The summed E-state index contributed by atoms with van der Waals surface area (Å²) in [6, 6.07) is 18.9. The first-order valence-electron chi connectivity index (χ1n) is 6.38. The smallest absolute Gasteiger partial charge is 0.267 e. The molecule has 0 spiro atoms. The molecule has 0 bridgehead atoms. The molecule has 100 valence electrons. The molecule has 1 N–H and O–H groups in total. The number of hydrazone groups is 1. The highest BCUT2D eigenvalue weighted by molar-refractivity contribution is 5.99. The molecule has 20 heavy (non-hydrogen) atoms. The van der Waals surface area contributed by atoms with Gasteiger partial charge in [-0.2, -0.15) is 5.10 Å². The van der Waals surface area contributed by atoms with Crippen molar-refractivity contribution in [3.05, 3.63) is 77.9 Å². The Balaban J connectivity index is 1.95. The van der Waals surface area contributed by atoms with Crippen molar-refractivity contribution in [1.82, 2.24) is 5.43 Å². The monoisotopic (exact) mass is 264 g/mol. The molecule has 0 saturated heterocycles. The second-order valence-electron chi connectivity index (χ2n) is 4.30. The van der Waals surface area contributed by atoms with Gasteiger partial charge in [-0.1, -0.05) is 54.6 Å². The molecule has 1 amide bonds. The van der Waals surface area contributed by atoms with Gasteiger partial charge < -0.3 is 0 Å². The third-order valence-corrected chi connectivity index (χ3v) is 2.69. The van der Waals surface area contributed by atoms with E-state index in [0.29, 0.717) is 5.56 Å². The van der Waals surface area contributed by atoms with Gasteiger partial charge in [-0.3, -0.25) is 4.79 Å². The average molecular weight is 264 g/mol. The van der Waals surface area contributed by atoms with E-state index in [9.17, 15) is 4.79 Å². The number of hydrogen-bond donors (Lipinski definition) is 1. The fourth-order valence-electron chi connectivity index (χ4n) is 1.61. The van der Waals surface area contributed by atoms with Crippen LogP contribution in [0.15, 0.2) is 71.8 Å². The first-order valence-corrected chi connectivity index (χ1v) is 6.38. The molecule has 0 aromatic heterocycles. The maximum atomic E-state index is 11.8. The molecule has 0 heterocycles. The SMILES string of the molecule is CC(/C=C\c1ccccc1)=N/NC(=O)c1ccccc1. The summed E-state index contributed by atoms with van der Waals surface area (Å²) in [6.45, 7) is 1.84. The van der Waals surface area contributed by atoms with Crippen LogP contribution in [0, 0.1) is 0 Å². The van der Waals surface area contributed by atoms with Crippen LogP contribution in [0.1, 0.15) is 22.8 Å². The number of nitrogens with one attached hydrogen (secondary N) is 1. The molecule has 2 rings (SSSR count). The summed E-state index contributed by atoms with van der Waals surface area (Å²) in [5.74, 6) is -0.210. The Morgan fingerprint density at radius 1 is 1.00 bits per heavy atom. The normalized spacial score (nSPS) is 11.6. The van der Waals surface area contributed by atoms with Crippen molar-refractivity contribution >= 4 is 17.7 Å². The van der Waals surface area contributed by atoms with Crippen molar-refractivity contribution in [1.29, 1.82) is 0 Å². The van der Waals surface area contributed by atoms with Crippen molar-refractivity contribution in [2.75, 3.05) is 0 Å². The molecule has 0 radical (unpaired) electrons. The van der Waals surface area contributed by atoms with Gasteiger partial charge in [0.25, 0.3) is 5.91 Å². The van der Waals surface area contributed by atoms with Gasteiger partial charge in [0.05, 0.1) is 5.71 Å². The van der Waals surface area contributed by atoms with E-state index < -0.39 is 0 Å². The summed E-state index contributed by atoms with van der Waals surface area (Å²) in [5, 5.41) is 4.05. The van der Waals surface area contributed by atoms with Gasteiger partial charge in [-0.25, -0.2) is 5.43 Å². The molecular formula is C17H16N2O. The van der Waals surface area contributed by atoms with E-state index in [1.165, 1.54) is 0 Å². The molecule has 3 nitrogen and oxygen atoms in total. The lowest BCUT2D eigenvalue weighted by Crippen LogP contribution is -2.18. The topological polar surface area (TPSA) is 41.5 Å². The minimum atomic E-state index is -0.210. The second-order valence-corrected chi connectivity index (χ2v) is 4.30. The standard InChI is InChI=1S/C17H16N2O/c1-14(12-13-15-8-4-2-5-9-15)18-19-17(20)16-10-6-3-7-11-16/h2-13H,1H3,(H,19,20)/b13-12-,18-14-. The Labute approximate surface area is 118 Å². The summed E-state index contributed by atoms with van der Waals surface area (Å²) in [5.41, 5.74) is 4.95. The van der Waals surface area contributed by atoms with Gasteiger partial charge in [0.1, 0.15) is 0 Å². The Morgan fingerprint density at radius 2 is 1.60 bits per heavy atom. The Bertz CT molecular complexity index is 616. The first-order chi connectivity index (χ1) is 9.75. The van der Waals surface area contributed by atoms with Gasteiger partial charge in [-0.15, -0.1) is 0 Å². The Morgan fingerprint density at radius 3 is 2.25 bits per heavy atom. The summed E-state index contributed by atoms with van der Waals surface area (Å²) in [4.78, 5) is 11.8. The van der Waals surface area contributed by atoms with Crippen LogP contribution in [0.4, 0.5) is 0 Å². The number of nitrogens with zero attached hydrogens (tertiary/aromatic N) is 1. The van der Waals surface area contributed by atoms with Gasteiger partial charge in [0.2, 0.25) is 0 Å². The lowest BCUT2D eigenvalue weighted by molar-refractivity contribution is 0.0955. The molecule has 0 fully saturated rings. The molecule has 0 aliphatic rings. The third kappa shape index (κ3) is 4.21. The summed E-state index contributed by atoms with van der Waals surface area (Å²) in [6.07, 6.45) is 3.81. The van der Waals surface area contributed by atoms with Crippen molar-refractivity contribution in [2.24, 2.45) is 5.10 Å². The average Bonchev–Trinajstić information content (AvgIpc) is 2.52. The molecule has 0 atom stereocenters. The Kier molecular flexibility index (Phi) is 4.84. The van der Waals surface area contributed by atoms with Crippen molar-refractivity contribution in [2.45, 2.75) is 6.92 Å². The van der Waals surface area contributed by atoms with Crippen LogP contribution < -0.4 is 5.43 Å². The number of benzene rings is 2. The van der Waals surface area contributed by atoms with Gasteiger partial charge >= 0.3 is 0 Å². The van der Waals surface area contributed by atoms with E-state index in [4.69, 9.17) is 0 Å². The predicted molar refractivity (Wildman–Crippen MR) is 82.5 cm³/mol. The molecule has 0 unspecified atom stereocenters. The third-order valence-electron chi connectivity index (χ3n) is 2.69. The molecule has 3 heteroatoms. The maximum absolute atomic E-state index is 11.8. The fourth-order valence-corrected chi connectivity index (χ4v) is 1.61. The van der Waals surface area contributed by atoms with E-state index >= 15 is 0 Å².